The average molecular weight is 2020 g/mol. The third-order valence-corrected chi connectivity index (χ3v) is 29.7. The number of anilines is 2. The molecule has 149 heavy (non-hydrogen) atoms. The van der Waals surface area contributed by atoms with Crippen LogP contribution >= 0.6 is 11.6 Å². The number of rotatable bonds is 10. The van der Waals surface area contributed by atoms with Gasteiger partial charge in [-0.15, -0.1) is 0 Å². The van der Waals surface area contributed by atoms with E-state index in [2.05, 4.69) is 230 Å². The lowest BCUT2D eigenvalue weighted by Gasteiger charge is -2.34. The number of halogens is 1. The van der Waals surface area contributed by atoms with Gasteiger partial charge in [0.1, 0.15) is 0 Å². The summed E-state index contributed by atoms with van der Waals surface area (Å²) in [5.74, 6) is -1.00. The highest BCUT2D eigenvalue weighted by Gasteiger charge is 2.46. The Morgan fingerprint density at radius 3 is 0.792 bits per heavy atom. The van der Waals surface area contributed by atoms with E-state index in [1.807, 2.05) is 199 Å². The van der Waals surface area contributed by atoms with Crippen molar-refractivity contribution < 1.29 is 52.7 Å². The molecule has 0 atom stereocenters. The molecule has 776 valence electrons. The Hall–Kier alpha value is -13.5. The summed E-state index contributed by atoms with van der Waals surface area (Å²) < 4.78 is 0. The molecule has 9 aliphatic rings. The molecule has 0 spiro atoms. The van der Waals surface area contributed by atoms with Gasteiger partial charge >= 0.3 is 0 Å². The number of para-hydroxylation sites is 2. The van der Waals surface area contributed by atoms with E-state index in [0.717, 1.165) is 169 Å². The molecular formula is C133H151ClN4O11. The zero-order chi connectivity index (χ0) is 111. The van der Waals surface area contributed by atoms with Gasteiger partial charge in [0, 0.05) is 105 Å². The summed E-state index contributed by atoms with van der Waals surface area (Å²) in [7, 11) is 0. The van der Waals surface area contributed by atoms with E-state index in [0.29, 0.717) is 62.3 Å². The Balaban J connectivity index is 0.000000167. The van der Waals surface area contributed by atoms with Crippen molar-refractivity contribution in [3.63, 3.8) is 0 Å². The maximum absolute atomic E-state index is 13.9. The minimum absolute atomic E-state index is 0.0892. The highest BCUT2D eigenvalue weighted by atomic mass is 35.5. The largest absolute Gasteiger partial charge is 0.289 e. The number of azo groups is 1. The molecule has 0 N–H and O–H groups in total. The first-order chi connectivity index (χ1) is 69.0. The van der Waals surface area contributed by atoms with Gasteiger partial charge in [0.25, 0.3) is 23.6 Å². The fraction of sp³-hybridized carbons (Fsp3) is 0.376. The van der Waals surface area contributed by atoms with Crippen molar-refractivity contribution in [2.75, 3.05) is 9.80 Å². The lowest BCUT2D eigenvalue weighted by molar-refractivity contribution is -0.114. The number of benzene rings is 7. The quantitative estimate of drug-likeness (QED) is 0.0926. The van der Waals surface area contributed by atoms with Crippen molar-refractivity contribution in [1.82, 2.24) is 0 Å². The number of hydrogen-bond acceptors (Lipinski definition) is 13. The molecule has 0 bridgehead atoms. The SMILES string of the molecule is CC(C)(C)C1=CC(=C2C=C(C(C)(C)C)C(=O)C(C(C)(C)C)=C2)C=C(C(C)(C)C)C1=O.CC(C)(C)C1=CC(=CN=Nc2ccc(Cl)cc2)C=C(C(C)(C)C)C1=O.CC1=CC(=C2C=C(C(C)(C)C)C(=O)C(C(C)(C)C)=C2)C=C(C)C1=O.CCC(C)(C)C1=C/C(=C2/C=C(C(C)(C)CC)C(=O)c3ccccc32)c2ccccc2C1=O.CCc1cccc(C)c1N1C(=O)c2ccc3c4c(ccc(c24)C1=O)C(=O)N(c1c(C)cccc1CC)C3=O. The maximum Gasteiger partial charge on any atom is 0.266 e. The van der Waals surface area contributed by atoms with Crippen molar-refractivity contribution in [3.8, 4) is 0 Å². The summed E-state index contributed by atoms with van der Waals surface area (Å²) >= 11 is 5.87. The van der Waals surface area contributed by atoms with Gasteiger partial charge in [0.2, 0.25) is 0 Å². The Kier molecular flexibility index (Phi) is 32.6. The van der Waals surface area contributed by atoms with Gasteiger partial charge in [-0.1, -0.05) is 318 Å². The minimum Gasteiger partial charge on any atom is -0.289 e. The van der Waals surface area contributed by atoms with E-state index in [1.54, 1.807) is 42.6 Å². The van der Waals surface area contributed by atoms with E-state index in [1.165, 1.54) is 9.80 Å². The molecule has 4 amide bonds. The molecule has 0 saturated carbocycles. The second-order valence-corrected chi connectivity index (χ2v) is 50.3. The summed E-state index contributed by atoms with van der Waals surface area (Å²) in [5.41, 5.74) is 24.2. The fourth-order valence-electron chi connectivity index (χ4n) is 19.8. The first kappa shape index (κ1) is 114. The van der Waals surface area contributed by atoms with Crippen LogP contribution in [-0.2, 0) is 36.8 Å². The number of nitrogens with zero attached hydrogens (tertiary/aromatic N) is 4. The average Bonchev–Trinajstić information content (AvgIpc) is 0.698. The summed E-state index contributed by atoms with van der Waals surface area (Å²) in [5, 5.41) is 9.77. The third-order valence-electron chi connectivity index (χ3n) is 29.4. The Morgan fingerprint density at radius 1 is 0.268 bits per heavy atom. The van der Waals surface area contributed by atoms with Gasteiger partial charge in [-0.05, 0) is 313 Å². The van der Waals surface area contributed by atoms with Gasteiger partial charge in [-0.25, -0.2) is 9.80 Å². The number of aryl methyl sites for hydroxylation is 4. The predicted molar refractivity (Wildman–Crippen MR) is 611 cm³/mol. The van der Waals surface area contributed by atoms with Crippen LogP contribution in [-0.4, -0.2) is 64.1 Å². The molecule has 2 aliphatic heterocycles. The first-order valence-electron chi connectivity index (χ1n) is 52.2. The number of imide groups is 2. The van der Waals surface area contributed by atoms with E-state index >= 15 is 0 Å². The molecule has 2 heterocycles. The van der Waals surface area contributed by atoms with Crippen molar-refractivity contribution >= 4 is 115 Å². The zero-order valence-corrected chi connectivity index (χ0v) is 95.4. The number of Topliss-reactive ketones (excluding diaryl/α,β-unsaturated/α-hetero) is 7. The molecule has 16 rings (SSSR count). The summed E-state index contributed by atoms with van der Waals surface area (Å²) in [6.45, 7) is 73.9. The molecule has 0 radical (unpaired) electrons. The summed E-state index contributed by atoms with van der Waals surface area (Å²) in [6, 6.07) is 40.8. The minimum atomic E-state index is -0.454. The van der Waals surface area contributed by atoms with E-state index < -0.39 is 23.6 Å². The lowest BCUT2D eigenvalue weighted by Crippen LogP contribution is -2.44. The monoisotopic (exact) mass is 2020 g/mol. The Bertz CT molecular complexity index is 6910. The number of ketones is 7. The maximum atomic E-state index is 13.9. The summed E-state index contributed by atoms with van der Waals surface area (Å²) in [4.78, 5) is 149. The topological polar surface area (TPSA) is 219 Å². The Morgan fingerprint density at radius 2 is 0.530 bits per heavy atom. The van der Waals surface area contributed by atoms with Crippen molar-refractivity contribution in [3.05, 3.63) is 379 Å². The highest BCUT2D eigenvalue weighted by Crippen LogP contribution is 2.52. The van der Waals surface area contributed by atoms with Gasteiger partial charge in [0.15, 0.2) is 40.5 Å². The van der Waals surface area contributed by atoms with Crippen LogP contribution in [0.1, 0.15) is 344 Å². The van der Waals surface area contributed by atoms with Crippen LogP contribution < -0.4 is 9.80 Å². The molecule has 0 unspecified atom stereocenters. The molecule has 7 aromatic carbocycles. The van der Waals surface area contributed by atoms with Gasteiger partial charge in [-0.2, -0.15) is 10.2 Å². The third kappa shape index (κ3) is 23.6. The van der Waals surface area contributed by atoms with Crippen LogP contribution in [0.3, 0.4) is 0 Å². The summed E-state index contributed by atoms with van der Waals surface area (Å²) in [6.07, 6.45) is 28.7. The standard InChI is InChI=1S/C32H26N2O4.C30H32O2.C28H40O2.C22H28O2.C21H25ClN2O/c1-5-19-11-7-9-17(3)27(19)33-29(35)21-13-15-23-26-24(16-14-22(25(21)26)30(33)36)32(38)34(31(23)37)28-18(4)10-8-12-20(28)6-2;1-7-29(3,4)25-17-23(19-13-9-11-15-21(19)27(25)31)24-18-26(30(5,6)8-2)28(32)22-16-12-10-14-20(22)24;1-25(2,3)19-13-17(14-20(23(19)29)26(4,5)6)18-15-21(27(7,8)9)24(30)22(16-18)28(10,11)12;1-13-9-15(10-14(2)19(13)23)16-11-17(21(3,4)5)20(24)18(12-16)22(6,7)8;1-20(2,3)17-11-14(12-18(19(17)25)21(4,5)6)13-23-24-16-9-7-15(22)8-10-16/h7-16H,5-6H2,1-4H3;9-18H,7-8H2,1-6H3;13-16H,1-12H3;9-12H,1-8H3;7-13H,1-6H3/b;24-23+;;;. The predicted octanol–water partition coefficient (Wildman–Crippen LogP) is 33.4. The molecule has 7 aliphatic carbocycles. The molecule has 16 heteroatoms. The van der Waals surface area contributed by atoms with Crippen LogP contribution in [0, 0.1) is 68.0 Å². The van der Waals surface area contributed by atoms with Crippen molar-refractivity contribution in [2.24, 2.45) is 64.4 Å². The number of carbonyl (C=O) groups excluding carboxylic acids is 11. The van der Waals surface area contributed by atoms with Crippen molar-refractivity contribution in [1.29, 1.82) is 0 Å². The molecule has 0 aromatic heterocycles. The molecule has 0 saturated heterocycles. The molecular weight excluding hydrogens is 1860 g/mol. The van der Waals surface area contributed by atoms with Crippen LogP contribution in [0.25, 0.3) is 21.9 Å². The van der Waals surface area contributed by atoms with Crippen LogP contribution in [0.2, 0.25) is 5.02 Å². The molecule has 15 nitrogen and oxygen atoms in total. The zero-order valence-electron chi connectivity index (χ0n) is 94.7. The van der Waals surface area contributed by atoms with Gasteiger partial charge in [0.05, 0.1) is 23.3 Å². The highest BCUT2D eigenvalue weighted by molar-refractivity contribution is 6.43. The van der Waals surface area contributed by atoms with E-state index in [4.69, 9.17) is 11.6 Å². The lowest BCUT2D eigenvalue weighted by atomic mass is 9.69. The number of allylic oxidation sites excluding steroid dienone is 31. The van der Waals surface area contributed by atoms with Crippen LogP contribution in [0.4, 0.5) is 17.1 Å². The number of amides is 4. The fourth-order valence-corrected chi connectivity index (χ4v) is 19.9. The number of hydrogen-bond donors (Lipinski definition) is 0. The first-order valence-corrected chi connectivity index (χ1v) is 52.6. The van der Waals surface area contributed by atoms with E-state index in [9.17, 15) is 52.7 Å². The van der Waals surface area contributed by atoms with Crippen LogP contribution in [0.15, 0.2) is 318 Å². The van der Waals surface area contributed by atoms with E-state index in [-0.39, 0.29) is 94.6 Å². The van der Waals surface area contributed by atoms with Gasteiger partial charge < -0.3 is 0 Å². The normalized spacial score (nSPS) is 17.6. The molecule has 7 aromatic rings. The van der Waals surface area contributed by atoms with Crippen LogP contribution in [0.5, 0.6) is 0 Å². The molecule has 0 fully saturated rings. The number of carbonyl (C=O) groups is 11. The van der Waals surface area contributed by atoms with Crippen molar-refractivity contribution in [2.45, 2.75) is 275 Å². The van der Waals surface area contributed by atoms with Gasteiger partial charge in [-0.3, -0.25) is 52.7 Å². The second kappa shape index (κ2) is 42.5. The Labute approximate surface area is 889 Å². The number of fused-ring (bicyclic) bond motifs is 2. The smallest absolute Gasteiger partial charge is 0.266 e. The second-order valence-electron chi connectivity index (χ2n) is 49.9.